The fourth-order valence-electron chi connectivity index (χ4n) is 0.944. The van der Waals surface area contributed by atoms with Crippen LogP contribution in [0.5, 0.6) is 0 Å². The van der Waals surface area contributed by atoms with Crippen molar-refractivity contribution in [3.63, 3.8) is 0 Å². The highest BCUT2D eigenvalue weighted by Crippen LogP contribution is 2.08. The van der Waals surface area contributed by atoms with E-state index >= 15 is 0 Å². The summed E-state index contributed by atoms with van der Waals surface area (Å²) in [5.41, 5.74) is 5.81. The summed E-state index contributed by atoms with van der Waals surface area (Å²) in [6.45, 7) is 7.81. The van der Waals surface area contributed by atoms with Gasteiger partial charge in [0.2, 0.25) is 0 Å². The molecule has 0 heterocycles. The summed E-state index contributed by atoms with van der Waals surface area (Å²) in [7, 11) is 0. The van der Waals surface area contributed by atoms with E-state index in [1.54, 1.807) is 6.92 Å². The van der Waals surface area contributed by atoms with Crippen LogP contribution in [0.1, 0.15) is 33.1 Å². The summed E-state index contributed by atoms with van der Waals surface area (Å²) in [6, 6.07) is 0. The third kappa shape index (κ3) is 7.09. The number of carbonyl (C=O) groups is 1. The van der Waals surface area contributed by atoms with Crippen molar-refractivity contribution in [1.82, 2.24) is 0 Å². The van der Waals surface area contributed by atoms with Gasteiger partial charge in [0.15, 0.2) is 0 Å². The quantitative estimate of drug-likeness (QED) is 0.592. The molecule has 0 rings (SSSR count). The van der Waals surface area contributed by atoms with E-state index < -0.39 is 0 Å². The van der Waals surface area contributed by atoms with Gasteiger partial charge in [-0.05, 0) is 32.7 Å². The Labute approximate surface area is 96.5 Å². The van der Waals surface area contributed by atoms with Gasteiger partial charge in [0.1, 0.15) is 6.10 Å². The van der Waals surface area contributed by atoms with Crippen molar-refractivity contribution in [3.05, 3.63) is 12.2 Å². The molecule has 0 fully saturated rings. The van der Waals surface area contributed by atoms with Gasteiger partial charge in [-0.15, -0.1) is 17.0 Å². The molecule has 4 heteroatoms. The molecule has 0 spiro atoms. The molecule has 0 amide bonds. The van der Waals surface area contributed by atoms with E-state index in [-0.39, 0.29) is 29.1 Å². The van der Waals surface area contributed by atoms with Gasteiger partial charge in [0.25, 0.3) is 0 Å². The largest absolute Gasteiger partial charge is 0.459 e. The van der Waals surface area contributed by atoms with E-state index in [0.717, 1.165) is 19.3 Å². The molecule has 0 saturated heterocycles. The lowest BCUT2D eigenvalue weighted by Gasteiger charge is -2.15. The average Bonchev–Trinajstić information content (AvgIpc) is 2.11. The Morgan fingerprint density at radius 2 is 2.14 bits per heavy atom. The monoisotopic (exact) mass is 265 g/mol. The normalized spacial score (nSPS) is 11.4. The average molecular weight is 266 g/mol. The summed E-state index contributed by atoms with van der Waals surface area (Å²) in [5, 5.41) is 0. The fourth-order valence-corrected chi connectivity index (χ4v) is 0.944. The third-order valence-electron chi connectivity index (χ3n) is 1.81. The van der Waals surface area contributed by atoms with Gasteiger partial charge in [-0.1, -0.05) is 13.5 Å². The molecule has 0 saturated carbocycles. The Kier molecular flexibility index (Phi) is 10.6. The molecule has 0 aliphatic rings. The molecule has 84 valence electrons. The minimum absolute atomic E-state index is 0. The molecule has 14 heavy (non-hydrogen) atoms. The second-order valence-corrected chi connectivity index (χ2v) is 3.15. The second-order valence-electron chi connectivity index (χ2n) is 3.15. The van der Waals surface area contributed by atoms with E-state index in [9.17, 15) is 4.79 Å². The van der Waals surface area contributed by atoms with Gasteiger partial charge in [-0.3, -0.25) is 0 Å². The zero-order chi connectivity index (χ0) is 10.3. The maximum atomic E-state index is 11.1. The fraction of sp³-hybridized carbons (Fsp3) is 0.700. The SMILES string of the molecule is Br.C=C(C)C(=O)OC(CC)CCCN. The summed E-state index contributed by atoms with van der Waals surface area (Å²) in [5.74, 6) is -0.302. The van der Waals surface area contributed by atoms with Crippen LogP contribution in [0.25, 0.3) is 0 Å². The van der Waals surface area contributed by atoms with Crippen molar-refractivity contribution in [2.75, 3.05) is 6.54 Å². The highest BCUT2D eigenvalue weighted by Gasteiger charge is 2.11. The molecule has 0 radical (unpaired) electrons. The van der Waals surface area contributed by atoms with Gasteiger partial charge in [-0.2, -0.15) is 0 Å². The third-order valence-corrected chi connectivity index (χ3v) is 1.81. The topological polar surface area (TPSA) is 52.3 Å². The lowest BCUT2D eigenvalue weighted by Crippen LogP contribution is -2.18. The second kappa shape index (κ2) is 9.21. The van der Waals surface area contributed by atoms with Gasteiger partial charge in [-0.25, -0.2) is 4.79 Å². The van der Waals surface area contributed by atoms with Crippen molar-refractivity contribution in [3.8, 4) is 0 Å². The Morgan fingerprint density at radius 1 is 1.57 bits per heavy atom. The first-order chi connectivity index (χ1) is 6.11. The molecule has 0 aliphatic carbocycles. The number of nitrogens with two attached hydrogens (primary N) is 1. The van der Waals surface area contributed by atoms with Crippen LogP contribution in [0.2, 0.25) is 0 Å². The summed E-state index contributed by atoms with van der Waals surface area (Å²) in [6.07, 6.45) is 2.56. The molecule has 0 aromatic heterocycles. The highest BCUT2D eigenvalue weighted by atomic mass is 79.9. The van der Waals surface area contributed by atoms with Crippen LogP contribution in [-0.4, -0.2) is 18.6 Å². The van der Waals surface area contributed by atoms with E-state index in [2.05, 4.69) is 6.58 Å². The van der Waals surface area contributed by atoms with Crippen LogP contribution in [-0.2, 0) is 9.53 Å². The molecule has 2 N–H and O–H groups in total. The minimum Gasteiger partial charge on any atom is -0.459 e. The first kappa shape index (κ1) is 16.1. The Morgan fingerprint density at radius 3 is 2.50 bits per heavy atom. The number of rotatable bonds is 6. The lowest BCUT2D eigenvalue weighted by atomic mass is 10.1. The highest BCUT2D eigenvalue weighted by molar-refractivity contribution is 8.93. The van der Waals surface area contributed by atoms with Crippen molar-refractivity contribution >= 4 is 23.0 Å². The summed E-state index contributed by atoms with van der Waals surface area (Å²) >= 11 is 0. The molecule has 1 unspecified atom stereocenters. The zero-order valence-electron chi connectivity index (χ0n) is 8.91. The Balaban J connectivity index is 0. The maximum Gasteiger partial charge on any atom is 0.333 e. The molecular formula is C10H20BrNO2. The number of hydrogen-bond donors (Lipinski definition) is 1. The van der Waals surface area contributed by atoms with E-state index in [4.69, 9.17) is 10.5 Å². The number of hydrogen-bond acceptors (Lipinski definition) is 3. The van der Waals surface area contributed by atoms with Crippen LogP contribution < -0.4 is 5.73 Å². The van der Waals surface area contributed by atoms with Crippen molar-refractivity contribution in [2.45, 2.75) is 39.2 Å². The standard InChI is InChI=1S/C10H19NO2.BrH/c1-4-9(6-5-7-11)13-10(12)8(2)3;/h9H,2,4-7,11H2,1,3H3;1H. The predicted octanol–water partition coefficient (Wildman–Crippen LogP) is 2.20. The molecule has 0 aromatic carbocycles. The van der Waals surface area contributed by atoms with Gasteiger partial charge >= 0.3 is 5.97 Å². The van der Waals surface area contributed by atoms with Crippen LogP contribution in [0.15, 0.2) is 12.2 Å². The van der Waals surface area contributed by atoms with Crippen LogP contribution in [0.4, 0.5) is 0 Å². The first-order valence-electron chi connectivity index (χ1n) is 4.68. The van der Waals surface area contributed by atoms with Crippen LogP contribution >= 0.6 is 17.0 Å². The number of carbonyl (C=O) groups excluding carboxylic acids is 1. The predicted molar refractivity (Wildman–Crippen MR) is 63.6 cm³/mol. The van der Waals surface area contributed by atoms with Crippen molar-refractivity contribution < 1.29 is 9.53 Å². The molecule has 3 nitrogen and oxygen atoms in total. The van der Waals surface area contributed by atoms with Gasteiger partial charge in [0.05, 0.1) is 0 Å². The van der Waals surface area contributed by atoms with E-state index in [1.807, 2.05) is 6.92 Å². The smallest absolute Gasteiger partial charge is 0.333 e. The van der Waals surface area contributed by atoms with Crippen molar-refractivity contribution in [1.29, 1.82) is 0 Å². The zero-order valence-corrected chi connectivity index (χ0v) is 10.6. The van der Waals surface area contributed by atoms with E-state index in [1.165, 1.54) is 0 Å². The van der Waals surface area contributed by atoms with Gasteiger partial charge < -0.3 is 10.5 Å². The molecule has 0 aliphatic heterocycles. The molecule has 0 aromatic rings. The number of ether oxygens (including phenoxy) is 1. The Hall–Kier alpha value is -0.350. The summed E-state index contributed by atoms with van der Waals surface area (Å²) < 4.78 is 5.17. The van der Waals surface area contributed by atoms with Crippen LogP contribution in [0.3, 0.4) is 0 Å². The molecule has 1 atom stereocenters. The van der Waals surface area contributed by atoms with Crippen LogP contribution in [0, 0.1) is 0 Å². The molecule has 0 bridgehead atoms. The van der Waals surface area contributed by atoms with Crippen molar-refractivity contribution in [2.24, 2.45) is 5.73 Å². The minimum atomic E-state index is -0.302. The first-order valence-corrected chi connectivity index (χ1v) is 4.68. The number of esters is 1. The molecular weight excluding hydrogens is 246 g/mol. The Bertz CT molecular complexity index is 183. The maximum absolute atomic E-state index is 11.1. The summed E-state index contributed by atoms with van der Waals surface area (Å²) in [4.78, 5) is 11.1. The van der Waals surface area contributed by atoms with E-state index in [0.29, 0.717) is 12.1 Å². The lowest BCUT2D eigenvalue weighted by molar-refractivity contribution is -0.144. The number of halogens is 1. The van der Waals surface area contributed by atoms with Gasteiger partial charge in [0, 0.05) is 5.57 Å².